The Morgan fingerprint density at radius 3 is 2.47 bits per heavy atom. The van der Waals surface area contributed by atoms with Crippen LogP contribution in [0.25, 0.3) is 17.1 Å². The molecule has 10 nitrogen and oxygen atoms in total. The van der Waals surface area contributed by atoms with E-state index in [2.05, 4.69) is 51.5 Å². The summed E-state index contributed by atoms with van der Waals surface area (Å²) in [5.74, 6) is 0.377. The highest BCUT2D eigenvalue weighted by Gasteiger charge is 2.31. The smallest absolute Gasteiger partial charge is 0.453 e. The minimum Gasteiger partial charge on any atom is -0.453 e. The topological polar surface area (TPSA) is 102 Å². The lowest BCUT2D eigenvalue weighted by atomic mass is 10.0. The molecular formula is C37H39F3N6O4S. The Bertz CT molecular complexity index is 1890. The SMILES string of the molecule is C=C1CSC(=NC(=O)CC(CCc2ccc(-c3ncn(-c4ccc(OC(F)(F)F)cc4)n3)cc2)N(C)C(=O)OC)N1c1cc(C)ccc1CCC. The summed E-state index contributed by atoms with van der Waals surface area (Å²) in [6.45, 7) is 8.40. The quantitative estimate of drug-likeness (QED) is 0.145. The fourth-order valence-electron chi connectivity index (χ4n) is 5.68. The van der Waals surface area contributed by atoms with Crippen LogP contribution in [-0.2, 0) is 22.4 Å². The van der Waals surface area contributed by atoms with Crippen molar-refractivity contribution in [2.75, 3.05) is 24.8 Å². The van der Waals surface area contributed by atoms with Gasteiger partial charge in [0.15, 0.2) is 11.0 Å². The highest BCUT2D eigenvalue weighted by Crippen LogP contribution is 2.35. The van der Waals surface area contributed by atoms with E-state index in [-0.39, 0.29) is 18.1 Å². The number of amidine groups is 1. The van der Waals surface area contributed by atoms with Crippen molar-refractivity contribution in [1.29, 1.82) is 0 Å². The zero-order valence-corrected chi connectivity index (χ0v) is 29.6. The van der Waals surface area contributed by atoms with Gasteiger partial charge in [0, 0.05) is 36.5 Å². The molecule has 14 heteroatoms. The number of nitrogens with zero attached hydrogens (tertiary/aromatic N) is 6. The fourth-order valence-corrected chi connectivity index (χ4v) is 6.63. The minimum atomic E-state index is -4.77. The van der Waals surface area contributed by atoms with Gasteiger partial charge in [0.2, 0.25) is 5.91 Å². The number of alkyl halides is 3. The molecule has 2 amide bonds. The lowest BCUT2D eigenvalue weighted by molar-refractivity contribution is -0.274. The molecule has 3 aromatic carbocycles. The van der Waals surface area contributed by atoms with E-state index < -0.39 is 18.5 Å². The van der Waals surface area contributed by atoms with Crippen molar-refractivity contribution in [2.24, 2.45) is 4.99 Å². The van der Waals surface area contributed by atoms with Gasteiger partial charge in [-0.15, -0.1) is 18.3 Å². The van der Waals surface area contributed by atoms with Crippen molar-refractivity contribution in [3.8, 4) is 22.8 Å². The predicted molar refractivity (Wildman–Crippen MR) is 192 cm³/mol. The molecule has 268 valence electrons. The van der Waals surface area contributed by atoms with Crippen LogP contribution in [-0.4, -0.2) is 69.1 Å². The number of aliphatic imine (C=N–C) groups is 1. The first-order valence-electron chi connectivity index (χ1n) is 16.3. The molecule has 0 aliphatic carbocycles. The van der Waals surface area contributed by atoms with Crippen molar-refractivity contribution >= 4 is 34.6 Å². The van der Waals surface area contributed by atoms with E-state index in [0.717, 1.165) is 40.9 Å². The third-order valence-electron chi connectivity index (χ3n) is 8.32. The molecule has 0 saturated carbocycles. The number of rotatable bonds is 12. The van der Waals surface area contributed by atoms with Crippen LogP contribution in [0.4, 0.5) is 23.7 Å². The number of hydrogen-bond acceptors (Lipinski definition) is 7. The molecule has 1 unspecified atom stereocenters. The van der Waals surface area contributed by atoms with Crippen LogP contribution < -0.4 is 9.64 Å². The second-order valence-electron chi connectivity index (χ2n) is 12.1. The molecule has 0 bridgehead atoms. The number of thioether (sulfide) groups is 1. The summed E-state index contributed by atoms with van der Waals surface area (Å²) in [7, 11) is 2.92. The Morgan fingerprint density at radius 2 is 1.80 bits per heavy atom. The molecule has 1 aliphatic heterocycles. The second-order valence-corrected chi connectivity index (χ2v) is 13.0. The average Bonchev–Trinajstić information content (AvgIpc) is 3.73. The summed E-state index contributed by atoms with van der Waals surface area (Å²) in [6.07, 6.45) is -0.933. The van der Waals surface area contributed by atoms with Crippen LogP contribution in [0.15, 0.2) is 90.3 Å². The molecule has 1 fully saturated rings. The summed E-state index contributed by atoms with van der Waals surface area (Å²) in [4.78, 5) is 38.3. The summed E-state index contributed by atoms with van der Waals surface area (Å²) in [5.41, 5.74) is 6.33. The highest BCUT2D eigenvalue weighted by molar-refractivity contribution is 8.14. The average molecular weight is 721 g/mol. The van der Waals surface area contributed by atoms with Gasteiger partial charge in [-0.2, -0.15) is 4.99 Å². The number of anilines is 1. The second kappa shape index (κ2) is 16.3. The maximum atomic E-state index is 13.5. The van der Waals surface area contributed by atoms with Crippen molar-refractivity contribution in [1.82, 2.24) is 19.7 Å². The Kier molecular flexibility index (Phi) is 11.9. The first-order chi connectivity index (χ1) is 24.3. The van der Waals surface area contributed by atoms with Crippen LogP contribution in [0.3, 0.4) is 0 Å². The van der Waals surface area contributed by atoms with E-state index >= 15 is 0 Å². The third-order valence-corrected chi connectivity index (χ3v) is 9.33. The molecule has 2 heterocycles. The van der Waals surface area contributed by atoms with Gasteiger partial charge in [0.25, 0.3) is 0 Å². The number of carbonyl (C=O) groups is 2. The van der Waals surface area contributed by atoms with Gasteiger partial charge in [-0.1, -0.05) is 68.1 Å². The summed E-state index contributed by atoms with van der Waals surface area (Å²) < 4.78 is 47.8. The molecule has 0 N–H and O–H groups in total. The number of aryl methyl sites for hydroxylation is 3. The summed E-state index contributed by atoms with van der Waals surface area (Å²) >= 11 is 1.47. The zero-order chi connectivity index (χ0) is 36.7. The normalized spacial score (nSPS) is 14.5. The number of amides is 2. The Labute approximate surface area is 299 Å². The van der Waals surface area contributed by atoms with E-state index in [1.165, 1.54) is 64.6 Å². The first kappa shape index (κ1) is 37.2. The van der Waals surface area contributed by atoms with Crippen molar-refractivity contribution in [3.05, 3.63) is 102 Å². The van der Waals surface area contributed by atoms with Gasteiger partial charge in [-0.3, -0.25) is 9.69 Å². The van der Waals surface area contributed by atoms with Crippen molar-refractivity contribution in [2.45, 2.75) is 58.4 Å². The molecule has 5 rings (SSSR count). The van der Waals surface area contributed by atoms with Crippen LogP contribution in [0.5, 0.6) is 5.75 Å². The molecule has 0 radical (unpaired) electrons. The fraction of sp³-hybridized carbons (Fsp3) is 0.324. The van der Waals surface area contributed by atoms with Crippen LogP contribution >= 0.6 is 11.8 Å². The molecule has 1 atom stereocenters. The number of benzene rings is 3. The Balaban J connectivity index is 1.26. The van der Waals surface area contributed by atoms with Gasteiger partial charge in [-0.05, 0) is 73.2 Å². The first-order valence-corrected chi connectivity index (χ1v) is 17.3. The van der Waals surface area contributed by atoms with Gasteiger partial charge in [-0.25, -0.2) is 14.5 Å². The predicted octanol–water partition coefficient (Wildman–Crippen LogP) is 8.13. The van der Waals surface area contributed by atoms with Gasteiger partial charge < -0.3 is 14.4 Å². The van der Waals surface area contributed by atoms with E-state index in [1.807, 2.05) is 36.1 Å². The Hall–Kier alpha value is -5.11. The molecule has 0 spiro atoms. The molecule has 51 heavy (non-hydrogen) atoms. The van der Waals surface area contributed by atoms with E-state index in [9.17, 15) is 22.8 Å². The maximum Gasteiger partial charge on any atom is 0.573 e. The molecule has 1 aromatic heterocycles. The standard InChI is InChI=1S/C37H39F3N6O4S/c1-6-7-27-12-8-24(2)20-32(27)46-25(3)22-51-35(46)42-33(47)21-30(44(4)36(48)49-5)15-11-26-9-13-28(14-10-26)34-41-23-45(43-34)29-16-18-31(19-17-29)50-37(38,39)40/h8-10,12-14,16-20,23,30H,3,6-7,11,15,21-22H2,1-2,4-5H3. The minimum absolute atomic E-state index is 0.00829. The lowest BCUT2D eigenvalue weighted by Crippen LogP contribution is -2.38. The van der Waals surface area contributed by atoms with Gasteiger partial charge in [0.05, 0.1) is 18.5 Å². The summed E-state index contributed by atoms with van der Waals surface area (Å²) in [5, 5.41) is 5.03. The molecule has 4 aromatic rings. The van der Waals surface area contributed by atoms with Crippen LogP contribution in [0.2, 0.25) is 0 Å². The van der Waals surface area contributed by atoms with Gasteiger partial charge >= 0.3 is 12.5 Å². The number of aromatic nitrogens is 3. The number of hydrogen-bond donors (Lipinski definition) is 0. The highest BCUT2D eigenvalue weighted by atomic mass is 32.2. The number of ether oxygens (including phenoxy) is 2. The third kappa shape index (κ3) is 9.57. The van der Waals surface area contributed by atoms with E-state index in [0.29, 0.717) is 35.3 Å². The van der Waals surface area contributed by atoms with Crippen molar-refractivity contribution in [3.63, 3.8) is 0 Å². The van der Waals surface area contributed by atoms with Crippen LogP contribution in [0, 0.1) is 6.92 Å². The summed E-state index contributed by atoms with van der Waals surface area (Å²) in [6, 6.07) is 18.7. The molecular weight excluding hydrogens is 682 g/mol. The number of methoxy groups -OCH3 is 1. The van der Waals surface area contributed by atoms with E-state index in [4.69, 9.17) is 4.74 Å². The van der Waals surface area contributed by atoms with Gasteiger partial charge in [0.1, 0.15) is 12.1 Å². The number of carbonyl (C=O) groups excluding carboxylic acids is 2. The largest absolute Gasteiger partial charge is 0.573 e. The molecule has 1 saturated heterocycles. The maximum absolute atomic E-state index is 13.5. The monoisotopic (exact) mass is 720 g/mol. The number of halogens is 3. The van der Waals surface area contributed by atoms with Crippen LogP contribution in [0.1, 0.15) is 42.9 Å². The zero-order valence-electron chi connectivity index (χ0n) is 28.8. The van der Waals surface area contributed by atoms with E-state index in [1.54, 1.807) is 7.05 Å². The molecule has 1 aliphatic rings. The van der Waals surface area contributed by atoms with Crippen molar-refractivity contribution < 1.29 is 32.2 Å². The Morgan fingerprint density at radius 1 is 1.08 bits per heavy atom. The lowest BCUT2D eigenvalue weighted by Gasteiger charge is -2.26.